The maximum Gasteiger partial charge on any atom is 0.243 e. The lowest BCUT2D eigenvalue weighted by atomic mass is 10.00. The Morgan fingerprint density at radius 3 is 2.59 bits per heavy atom. The number of carbonyl (C=O) groups is 1. The molecule has 1 amide bonds. The lowest BCUT2D eigenvalue weighted by molar-refractivity contribution is -0.117. The summed E-state index contributed by atoms with van der Waals surface area (Å²) in [6, 6.07) is 4.89. The van der Waals surface area contributed by atoms with Gasteiger partial charge in [0, 0.05) is 32.4 Å². The molecule has 120 valence electrons. The van der Waals surface area contributed by atoms with Crippen molar-refractivity contribution in [2.24, 2.45) is 5.92 Å². The van der Waals surface area contributed by atoms with Gasteiger partial charge in [0.25, 0.3) is 0 Å². The van der Waals surface area contributed by atoms with Crippen LogP contribution >= 0.6 is 0 Å². The van der Waals surface area contributed by atoms with Gasteiger partial charge in [0.15, 0.2) is 0 Å². The minimum atomic E-state index is -3.53. The molecule has 0 radical (unpaired) electrons. The third-order valence-corrected chi connectivity index (χ3v) is 6.49. The normalized spacial score (nSPS) is 20.5. The van der Waals surface area contributed by atoms with Crippen molar-refractivity contribution in [1.29, 1.82) is 0 Å². The van der Waals surface area contributed by atoms with Gasteiger partial charge < -0.3 is 10.0 Å². The van der Waals surface area contributed by atoms with E-state index in [1.807, 2.05) is 0 Å². The maximum atomic E-state index is 12.7. The van der Waals surface area contributed by atoms with Gasteiger partial charge in [-0.25, -0.2) is 8.42 Å². The number of nitrogens with zero attached hydrogens (tertiary/aromatic N) is 2. The number of rotatable bonds is 3. The van der Waals surface area contributed by atoms with Crippen LogP contribution in [0.25, 0.3) is 0 Å². The largest absolute Gasteiger partial charge is 0.396 e. The zero-order chi connectivity index (χ0) is 15.9. The van der Waals surface area contributed by atoms with Crippen molar-refractivity contribution >= 4 is 21.6 Å². The summed E-state index contributed by atoms with van der Waals surface area (Å²) in [4.78, 5) is 13.5. The molecule has 2 heterocycles. The molecule has 0 aromatic heterocycles. The molecular formula is C15H20N2O4S. The summed E-state index contributed by atoms with van der Waals surface area (Å²) in [7, 11) is -1.83. The smallest absolute Gasteiger partial charge is 0.243 e. The third-order valence-electron chi connectivity index (χ3n) is 4.60. The summed E-state index contributed by atoms with van der Waals surface area (Å²) < 4.78 is 26.9. The first-order chi connectivity index (χ1) is 10.4. The summed E-state index contributed by atoms with van der Waals surface area (Å²) in [6.45, 7) is 0.980. The Kier molecular flexibility index (Phi) is 3.96. The second kappa shape index (κ2) is 5.64. The van der Waals surface area contributed by atoms with Crippen molar-refractivity contribution in [3.8, 4) is 0 Å². The van der Waals surface area contributed by atoms with Crippen molar-refractivity contribution in [3.63, 3.8) is 0 Å². The fourth-order valence-corrected chi connectivity index (χ4v) is 4.61. The first-order valence-electron chi connectivity index (χ1n) is 7.44. The second-order valence-corrected chi connectivity index (χ2v) is 7.89. The van der Waals surface area contributed by atoms with E-state index in [0.717, 1.165) is 11.3 Å². The monoisotopic (exact) mass is 324 g/mol. The molecule has 22 heavy (non-hydrogen) atoms. The lowest BCUT2D eigenvalue weighted by Crippen LogP contribution is -2.39. The highest BCUT2D eigenvalue weighted by atomic mass is 32.2. The number of hydrogen-bond donors (Lipinski definition) is 1. The van der Waals surface area contributed by atoms with Gasteiger partial charge in [0.05, 0.1) is 11.3 Å². The second-order valence-electron chi connectivity index (χ2n) is 5.95. The van der Waals surface area contributed by atoms with Gasteiger partial charge in [0.2, 0.25) is 15.9 Å². The van der Waals surface area contributed by atoms with Crippen LogP contribution in [-0.4, -0.2) is 50.5 Å². The number of sulfonamides is 1. The van der Waals surface area contributed by atoms with Crippen LogP contribution in [0.4, 0.5) is 5.69 Å². The minimum absolute atomic E-state index is 0.0201. The highest BCUT2D eigenvalue weighted by Crippen LogP contribution is 2.31. The Bertz CT molecular complexity index is 693. The Morgan fingerprint density at radius 1 is 1.27 bits per heavy atom. The van der Waals surface area contributed by atoms with E-state index in [-0.39, 0.29) is 29.7 Å². The molecule has 7 heteroatoms. The van der Waals surface area contributed by atoms with Crippen molar-refractivity contribution in [2.45, 2.75) is 24.2 Å². The Hall–Kier alpha value is -1.44. The molecule has 2 aliphatic rings. The molecular weight excluding hydrogens is 304 g/mol. The molecule has 1 aromatic carbocycles. The highest BCUT2D eigenvalue weighted by molar-refractivity contribution is 7.89. The van der Waals surface area contributed by atoms with Crippen LogP contribution in [0, 0.1) is 5.92 Å². The Morgan fingerprint density at radius 2 is 1.95 bits per heavy atom. The molecule has 0 bridgehead atoms. The van der Waals surface area contributed by atoms with Gasteiger partial charge in [-0.1, -0.05) is 0 Å². The average molecular weight is 324 g/mol. The molecule has 3 rings (SSSR count). The predicted molar refractivity (Wildman–Crippen MR) is 82.1 cm³/mol. The van der Waals surface area contributed by atoms with Gasteiger partial charge in [-0.3, -0.25) is 4.79 Å². The number of benzene rings is 1. The number of aliphatic hydroxyl groups is 1. The van der Waals surface area contributed by atoms with Crippen LogP contribution in [-0.2, 0) is 21.2 Å². The minimum Gasteiger partial charge on any atom is -0.396 e. The summed E-state index contributed by atoms with van der Waals surface area (Å²) in [5.74, 6) is 0.172. The van der Waals surface area contributed by atoms with Gasteiger partial charge in [-0.15, -0.1) is 0 Å². The topological polar surface area (TPSA) is 77.9 Å². The van der Waals surface area contributed by atoms with Gasteiger partial charge in [0.1, 0.15) is 0 Å². The first-order valence-corrected chi connectivity index (χ1v) is 8.88. The number of anilines is 1. The summed E-state index contributed by atoms with van der Waals surface area (Å²) in [5, 5.41) is 9.15. The van der Waals surface area contributed by atoms with E-state index in [1.54, 1.807) is 30.1 Å². The number of piperidine rings is 1. The molecule has 1 N–H and O–H groups in total. The molecule has 0 aliphatic carbocycles. The van der Waals surface area contributed by atoms with Crippen LogP contribution in [0.2, 0.25) is 0 Å². The molecule has 1 aromatic rings. The zero-order valence-corrected chi connectivity index (χ0v) is 13.3. The van der Waals surface area contributed by atoms with E-state index in [2.05, 4.69) is 0 Å². The van der Waals surface area contributed by atoms with Crippen molar-refractivity contribution < 1.29 is 18.3 Å². The zero-order valence-electron chi connectivity index (χ0n) is 12.5. The van der Waals surface area contributed by atoms with Crippen LogP contribution in [0.15, 0.2) is 23.1 Å². The molecule has 1 saturated heterocycles. The van der Waals surface area contributed by atoms with E-state index >= 15 is 0 Å². The first kappa shape index (κ1) is 15.5. The average Bonchev–Trinajstić information content (AvgIpc) is 2.81. The molecule has 2 aliphatic heterocycles. The highest BCUT2D eigenvalue weighted by Gasteiger charge is 2.31. The maximum absolute atomic E-state index is 12.7. The molecule has 0 saturated carbocycles. The van der Waals surface area contributed by atoms with Crippen LogP contribution in [0.1, 0.15) is 18.4 Å². The number of aliphatic hydroxyl groups excluding tert-OH is 1. The summed E-state index contributed by atoms with van der Waals surface area (Å²) in [5.41, 5.74) is 1.54. The molecule has 0 spiro atoms. The van der Waals surface area contributed by atoms with Crippen molar-refractivity contribution in [2.75, 3.05) is 31.6 Å². The van der Waals surface area contributed by atoms with Crippen LogP contribution in [0.3, 0.4) is 0 Å². The van der Waals surface area contributed by atoms with Crippen LogP contribution < -0.4 is 4.90 Å². The van der Waals surface area contributed by atoms with Gasteiger partial charge in [-0.2, -0.15) is 4.31 Å². The molecule has 0 atom stereocenters. The van der Waals surface area contributed by atoms with E-state index in [0.29, 0.717) is 25.9 Å². The van der Waals surface area contributed by atoms with E-state index in [1.165, 1.54) is 4.31 Å². The number of hydrogen-bond acceptors (Lipinski definition) is 4. The molecule has 0 unspecified atom stereocenters. The van der Waals surface area contributed by atoms with E-state index < -0.39 is 10.0 Å². The van der Waals surface area contributed by atoms with Gasteiger partial charge >= 0.3 is 0 Å². The van der Waals surface area contributed by atoms with E-state index in [4.69, 9.17) is 5.11 Å². The predicted octanol–water partition coefficient (Wildman–Crippen LogP) is 0.599. The third kappa shape index (κ3) is 2.53. The fraction of sp³-hybridized carbons (Fsp3) is 0.533. The Balaban J connectivity index is 1.85. The number of carbonyl (C=O) groups excluding carboxylic acids is 1. The molecule has 1 fully saturated rings. The lowest BCUT2D eigenvalue weighted by Gasteiger charge is -2.30. The van der Waals surface area contributed by atoms with Crippen LogP contribution in [0.5, 0.6) is 0 Å². The number of amides is 1. The summed E-state index contributed by atoms with van der Waals surface area (Å²) >= 11 is 0. The van der Waals surface area contributed by atoms with Crippen molar-refractivity contribution in [3.05, 3.63) is 23.8 Å². The van der Waals surface area contributed by atoms with E-state index in [9.17, 15) is 13.2 Å². The Labute approximate surface area is 130 Å². The summed E-state index contributed by atoms with van der Waals surface area (Å²) in [6.07, 6.45) is 1.62. The quantitative estimate of drug-likeness (QED) is 0.883. The SMILES string of the molecule is CN1C(=O)Cc2cc(S(=O)(=O)N3CCC(CO)CC3)ccc21. The number of fused-ring (bicyclic) bond motifs is 1. The standard InChI is InChI=1S/C15H20N2O4S/c1-16-14-3-2-13(8-12(14)9-15(16)19)22(20,21)17-6-4-11(10-18)5-7-17/h2-3,8,11,18H,4-7,9-10H2,1H3. The fourth-order valence-electron chi connectivity index (χ4n) is 3.09. The van der Waals surface area contributed by atoms with Gasteiger partial charge in [-0.05, 0) is 42.5 Å². The molecule has 6 nitrogen and oxygen atoms in total. The van der Waals surface area contributed by atoms with Crippen molar-refractivity contribution in [1.82, 2.24) is 4.31 Å². The number of likely N-dealkylation sites (N-methyl/N-ethyl adjacent to an activating group) is 1.